The number of hydrogen-bond donors (Lipinski definition) is 1. The number of carbonyl (C=O) groups is 1. The number of aliphatic hydroxyl groups is 1. The summed E-state index contributed by atoms with van der Waals surface area (Å²) in [6.45, 7) is 2.40. The summed E-state index contributed by atoms with van der Waals surface area (Å²) in [7, 11) is 3.15. The van der Waals surface area contributed by atoms with Gasteiger partial charge in [0, 0.05) is 31.3 Å². The van der Waals surface area contributed by atoms with Crippen molar-refractivity contribution >= 4 is 5.97 Å². The fourth-order valence-corrected chi connectivity index (χ4v) is 3.38. The smallest absolute Gasteiger partial charge is 0.305 e. The second kappa shape index (κ2) is 7.92. The maximum Gasteiger partial charge on any atom is 0.305 e. The Balaban J connectivity index is 1.80. The van der Waals surface area contributed by atoms with Gasteiger partial charge in [-0.05, 0) is 31.7 Å². The number of nitrogens with zero attached hydrogens (tertiary/aromatic N) is 4. The predicted molar refractivity (Wildman–Crippen MR) is 92.9 cm³/mol. The monoisotopic (exact) mass is 360 g/mol. The van der Waals surface area contributed by atoms with E-state index >= 15 is 0 Å². The van der Waals surface area contributed by atoms with Crippen LogP contribution in [0, 0.1) is 12.8 Å². The van der Waals surface area contributed by atoms with Gasteiger partial charge in [-0.1, -0.05) is 11.3 Å². The quantitative estimate of drug-likeness (QED) is 0.810. The lowest BCUT2D eigenvalue weighted by Crippen LogP contribution is -2.23. The number of esters is 1. The molecule has 1 aliphatic rings. The highest BCUT2D eigenvalue weighted by Crippen LogP contribution is 2.35. The lowest BCUT2D eigenvalue weighted by Gasteiger charge is -2.30. The van der Waals surface area contributed by atoms with Gasteiger partial charge in [0.05, 0.1) is 31.2 Å². The summed E-state index contributed by atoms with van der Waals surface area (Å²) in [4.78, 5) is 16.2. The van der Waals surface area contributed by atoms with Gasteiger partial charge in [0.15, 0.2) is 0 Å². The fourth-order valence-electron chi connectivity index (χ4n) is 3.38. The van der Waals surface area contributed by atoms with Crippen LogP contribution in [-0.2, 0) is 27.9 Å². The molecule has 2 aromatic heterocycles. The van der Waals surface area contributed by atoms with Crippen LogP contribution in [0.15, 0.2) is 12.1 Å². The topological polar surface area (TPSA) is 99.4 Å². The van der Waals surface area contributed by atoms with Gasteiger partial charge in [-0.25, -0.2) is 4.68 Å². The first-order valence-electron chi connectivity index (χ1n) is 8.69. The second-order valence-electron chi connectivity index (χ2n) is 6.57. The van der Waals surface area contributed by atoms with Crippen molar-refractivity contribution in [1.29, 1.82) is 0 Å². The molecule has 2 atom stereocenters. The highest BCUT2D eigenvalue weighted by atomic mass is 16.5. The van der Waals surface area contributed by atoms with Crippen molar-refractivity contribution in [2.45, 2.75) is 38.9 Å². The molecule has 0 saturated carbocycles. The number of methoxy groups -OCH3 is 1. The van der Waals surface area contributed by atoms with Crippen molar-refractivity contribution in [3.8, 4) is 11.4 Å². The van der Waals surface area contributed by atoms with E-state index in [0.29, 0.717) is 30.1 Å². The highest BCUT2D eigenvalue weighted by molar-refractivity contribution is 5.69. The third kappa shape index (κ3) is 3.76. The molecular formula is C18H24N4O4. The van der Waals surface area contributed by atoms with E-state index in [1.54, 1.807) is 11.7 Å². The molecule has 0 spiro atoms. The first-order chi connectivity index (χ1) is 12.5. The number of aliphatic hydroxyl groups excluding tert-OH is 1. The Bertz CT molecular complexity index is 789. The number of pyridine rings is 1. The maximum atomic E-state index is 11.5. The van der Waals surface area contributed by atoms with Crippen molar-refractivity contribution in [2.75, 3.05) is 13.7 Å². The van der Waals surface area contributed by atoms with E-state index in [-0.39, 0.29) is 24.6 Å². The van der Waals surface area contributed by atoms with E-state index in [2.05, 4.69) is 15.3 Å². The summed E-state index contributed by atoms with van der Waals surface area (Å²) in [5.74, 6) is 0.0706. The molecule has 0 bridgehead atoms. The van der Waals surface area contributed by atoms with Crippen LogP contribution in [-0.4, -0.2) is 44.8 Å². The van der Waals surface area contributed by atoms with E-state index in [1.807, 2.05) is 19.1 Å². The normalized spacial score (nSPS) is 20.2. The third-order valence-electron chi connectivity index (χ3n) is 4.88. The lowest BCUT2D eigenvalue weighted by atomic mass is 9.89. The lowest BCUT2D eigenvalue weighted by molar-refractivity contribution is -0.143. The Morgan fingerprint density at radius 2 is 2.27 bits per heavy atom. The number of rotatable bonds is 5. The Morgan fingerprint density at radius 3 is 2.96 bits per heavy atom. The standard InChI is InChI=1S/C18H24N4O4/c1-11-13(16-8-12(6-7-26-16)9-17(24)25-3)4-5-14(19-11)18-15(10-23)22(2)21-20-18/h4-5,12,16,23H,6-10H2,1-3H3. The number of aromatic nitrogens is 4. The molecule has 0 amide bonds. The number of aryl methyl sites for hydroxylation is 2. The van der Waals surface area contributed by atoms with Crippen LogP contribution in [0.2, 0.25) is 0 Å². The third-order valence-corrected chi connectivity index (χ3v) is 4.88. The van der Waals surface area contributed by atoms with Gasteiger partial charge in [0.25, 0.3) is 0 Å². The van der Waals surface area contributed by atoms with Gasteiger partial charge in [0.1, 0.15) is 5.69 Å². The summed E-state index contributed by atoms with van der Waals surface area (Å²) in [5, 5.41) is 17.6. The van der Waals surface area contributed by atoms with E-state index in [0.717, 1.165) is 24.1 Å². The molecule has 0 radical (unpaired) electrons. The van der Waals surface area contributed by atoms with Gasteiger partial charge in [0.2, 0.25) is 0 Å². The zero-order chi connectivity index (χ0) is 18.7. The zero-order valence-corrected chi connectivity index (χ0v) is 15.3. The Hall–Kier alpha value is -2.32. The van der Waals surface area contributed by atoms with Gasteiger partial charge < -0.3 is 14.6 Å². The molecule has 3 heterocycles. The molecule has 3 rings (SSSR count). The van der Waals surface area contributed by atoms with Gasteiger partial charge in [-0.3, -0.25) is 9.78 Å². The molecule has 0 aliphatic carbocycles. The van der Waals surface area contributed by atoms with Gasteiger partial charge in [-0.15, -0.1) is 5.10 Å². The van der Waals surface area contributed by atoms with Crippen LogP contribution < -0.4 is 0 Å². The van der Waals surface area contributed by atoms with E-state index < -0.39 is 0 Å². The maximum absolute atomic E-state index is 11.5. The number of carbonyl (C=O) groups excluding carboxylic acids is 1. The predicted octanol–water partition coefficient (Wildman–Crippen LogP) is 1.71. The molecular weight excluding hydrogens is 336 g/mol. The van der Waals surface area contributed by atoms with Crippen molar-refractivity contribution in [3.63, 3.8) is 0 Å². The average molecular weight is 360 g/mol. The molecule has 1 fully saturated rings. The van der Waals surface area contributed by atoms with Crippen molar-refractivity contribution in [1.82, 2.24) is 20.0 Å². The van der Waals surface area contributed by atoms with Gasteiger partial charge in [-0.2, -0.15) is 0 Å². The van der Waals surface area contributed by atoms with Crippen LogP contribution in [0.4, 0.5) is 0 Å². The Labute approximate surface area is 152 Å². The average Bonchev–Trinajstić information content (AvgIpc) is 3.02. The van der Waals surface area contributed by atoms with Crippen molar-refractivity contribution < 1.29 is 19.4 Å². The first-order valence-corrected chi connectivity index (χ1v) is 8.69. The van der Waals surface area contributed by atoms with Crippen molar-refractivity contribution in [2.24, 2.45) is 13.0 Å². The van der Waals surface area contributed by atoms with Crippen LogP contribution in [0.5, 0.6) is 0 Å². The van der Waals surface area contributed by atoms with Crippen LogP contribution in [0.3, 0.4) is 0 Å². The van der Waals surface area contributed by atoms with Crippen LogP contribution in [0.1, 0.15) is 42.3 Å². The summed E-state index contributed by atoms with van der Waals surface area (Å²) in [6.07, 6.45) is 1.96. The summed E-state index contributed by atoms with van der Waals surface area (Å²) in [6, 6.07) is 3.86. The van der Waals surface area contributed by atoms with Gasteiger partial charge >= 0.3 is 5.97 Å². The fraction of sp³-hybridized carbons (Fsp3) is 0.556. The van der Waals surface area contributed by atoms with E-state index in [9.17, 15) is 9.90 Å². The van der Waals surface area contributed by atoms with Crippen LogP contribution in [0.25, 0.3) is 11.4 Å². The second-order valence-corrected chi connectivity index (χ2v) is 6.57. The summed E-state index contributed by atoms with van der Waals surface area (Å²) < 4.78 is 12.2. The minimum absolute atomic E-state index is 0.0841. The molecule has 8 heteroatoms. The highest BCUT2D eigenvalue weighted by Gasteiger charge is 2.27. The molecule has 2 aromatic rings. The molecule has 26 heavy (non-hydrogen) atoms. The SMILES string of the molecule is COC(=O)CC1CCOC(c2ccc(-c3nnn(C)c3CO)nc2C)C1. The minimum atomic E-state index is -0.181. The Morgan fingerprint density at radius 1 is 1.46 bits per heavy atom. The molecule has 140 valence electrons. The molecule has 2 unspecified atom stereocenters. The number of hydrogen-bond acceptors (Lipinski definition) is 7. The Kier molecular flexibility index (Phi) is 5.63. The molecule has 0 aromatic carbocycles. The first kappa shape index (κ1) is 18.5. The minimum Gasteiger partial charge on any atom is -0.469 e. The van der Waals surface area contributed by atoms with Crippen LogP contribution >= 0.6 is 0 Å². The summed E-state index contributed by atoms with van der Waals surface area (Å²) >= 11 is 0. The van der Waals surface area contributed by atoms with E-state index in [4.69, 9.17) is 9.47 Å². The molecule has 1 saturated heterocycles. The molecule has 1 N–H and O–H groups in total. The zero-order valence-electron chi connectivity index (χ0n) is 15.3. The molecule has 1 aliphatic heterocycles. The number of ether oxygens (including phenoxy) is 2. The largest absolute Gasteiger partial charge is 0.469 e. The van der Waals surface area contributed by atoms with Crippen molar-refractivity contribution in [3.05, 3.63) is 29.1 Å². The summed E-state index contributed by atoms with van der Waals surface area (Å²) in [5.41, 5.74) is 3.73. The molecule has 8 nitrogen and oxygen atoms in total. The van der Waals surface area contributed by atoms with E-state index in [1.165, 1.54) is 7.11 Å².